The lowest BCUT2D eigenvalue weighted by Gasteiger charge is -2.28. The van der Waals surface area contributed by atoms with Crippen molar-refractivity contribution >= 4 is 11.8 Å². The van der Waals surface area contributed by atoms with E-state index in [1.165, 1.54) is 0 Å². The molecular weight excluding hydrogens is 366 g/mol. The number of aryl methyl sites for hydroxylation is 1. The van der Waals surface area contributed by atoms with Gasteiger partial charge in [0.05, 0.1) is 12.0 Å². The Morgan fingerprint density at radius 1 is 1.21 bits per heavy atom. The molecule has 3 rings (SSSR count). The van der Waals surface area contributed by atoms with E-state index in [0.717, 1.165) is 36.1 Å². The summed E-state index contributed by atoms with van der Waals surface area (Å²) in [5, 5.41) is 5.92. The highest BCUT2D eigenvalue weighted by atomic mass is 16.2. The fourth-order valence-electron chi connectivity index (χ4n) is 3.93. The van der Waals surface area contributed by atoms with Crippen LogP contribution in [0.25, 0.3) is 0 Å². The fraction of sp³-hybridized carbons (Fsp3) is 0.435. The van der Waals surface area contributed by atoms with Gasteiger partial charge in [0.15, 0.2) is 0 Å². The van der Waals surface area contributed by atoms with E-state index in [1.54, 1.807) is 6.07 Å². The number of nitrogens with one attached hydrogen (secondary N) is 3. The highest BCUT2D eigenvalue weighted by Gasteiger charge is 2.28. The average molecular weight is 396 g/mol. The van der Waals surface area contributed by atoms with Crippen molar-refractivity contribution in [2.45, 2.75) is 64.5 Å². The summed E-state index contributed by atoms with van der Waals surface area (Å²) in [6.07, 6.45) is 3.08. The van der Waals surface area contributed by atoms with E-state index < -0.39 is 5.91 Å². The first-order valence-electron chi connectivity index (χ1n) is 10.3. The molecule has 0 spiro atoms. The van der Waals surface area contributed by atoms with Gasteiger partial charge in [-0.1, -0.05) is 37.3 Å². The van der Waals surface area contributed by atoms with Gasteiger partial charge >= 0.3 is 0 Å². The Labute approximate surface area is 171 Å². The van der Waals surface area contributed by atoms with E-state index >= 15 is 0 Å². The Morgan fingerprint density at radius 3 is 2.59 bits per heavy atom. The van der Waals surface area contributed by atoms with Gasteiger partial charge in [-0.2, -0.15) is 0 Å². The van der Waals surface area contributed by atoms with Crippen molar-refractivity contribution in [3.05, 3.63) is 69.1 Å². The van der Waals surface area contributed by atoms with Crippen molar-refractivity contribution in [1.29, 1.82) is 0 Å². The molecule has 1 aromatic carbocycles. The predicted octanol–water partition coefficient (Wildman–Crippen LogP) is 3.20. The summed E-state index contributed by atoms with van der Waals surface area (Å²) in [5.74, 6) is -0.653. The highest BCUT2D eigenvalue weighted by molar-refractivity contribution is 5.94. The molecule has 2 atom stereocenters. The minimum absolute atomic E-state index is 0.0315. The summed E-state index contributed by atoms with van der Waals surface area (Å²) >= 11 is 0. The maximum Gasteiger partial charge on any atom is 0.261 e. The Hall–Kier alpha value is -2.89. The van der Waals surface area contributed by atoms with Crippen molar-refractivity contribution in [2.75, 3.05) is 0 Å². The van der Waals surface area contributed by atoms with Crippen LogP contribution in [0.1, 0.15) is 79.2 Å². The van der Waals surface area contributed by atoms with Gasteiger partial charge in [0.1, 0.15) is 5.56 Å². The second-order valence-electron chi connectivity index (χ2n) is 7.90. The van der Waals surface area contributed by atoms with Crippen LogP contribution in [0, 0.1) is 0 Å². The van der Waals surface area contributed by atoms with Gasteiger partial charge in [0.25, 0.3) is 11.5 Å². The summed E-state index contributed by atoms with van der Waals surface area (Å²) in [6, 6.07) is 11.1. The van der Waals surface area contributed by atoms with Gasteiger partial charge in [-0.25, -0.2) is 0 Å². The van der Waals surface area contributed by atoms with Gasteiger partial charge in [-0.3, -0.25) is 14.4 Å². The zero-order valence-corrected chi connectivity index (χ0v) is 17.2. The maximum absolute atomic E-state index is 13.0. The topological polar surface area (TPSA) is 91.1 Å². The summed E-state index contributed by atoms with van der Waals surface area (Å²) in [7, 11) is 0. The van der Waals surface area contributed by atoms with E-state index in [-0.39, 0.29) is 35.0 Å². The molecule has 0 saturated carbocycles. The standard InChI is InChI=1S/C23H29N3O3/c1-4-16(15-9-6-5-7-10-15)21(27)25-19-11-8-12-20-17(19)13-18(23(29)26-20)22(28)24-14(2)3/h5-7,9-10,13-14,16,19H,4,8,11-12H2,1-3H3,(H,24,28)(H,25,27)(H,26,29). The van der Waals surface area contributed by atoms with Crippen LogP contribution in [-0.2, 0) is 11.2 Å². The second kappa shape index (κ2) is 9.07. The molecule has 2 amide bonds. The van der Waals surface area contributed by atoms with E-state index in [2.05, 4.69) is 15.6 Å². The minimum atomic E-state index is -0.393. The third kappa shape index (κ3) is 4.75. The van der Waals surface area contributed by atoms with Crippen LogP contribution in [0.5, 0.6) is 0 Å². The number of H-pyrrole nitrogens is 1. The molecule has 6 nitrogen and oxygen atoms in total. The number of aromatic amines is 1. The lowest BCUT2D eigenvalue weighted by molar-refractivity contribution is -0.123. The zero-order valence-electron chi connectivity index (χ0n) is 17.2. The number of hydrogen-bond donors (Lipinski definition) is 3. The van der Waals surface area contributed by atoms with Crippen LogP contribution in [0.4, 0.5) is 0 Å². The van der Waals surface area contributed by atoms with Crippen molar-refractivity contribution in [3.63, 3.8) is 0 Å². The quantitative estimate of drug-likeness (QED) is 0.701. The summed E-state index contributed by atoms with van der Waals surface area (Å²) in [6.45, 7) is 5.70. The van der Waals surface area contributed by atoms with Gasteiger partial charge in [0.2, 0.25) is 5.91 Å². The van der Waals surface area contributed by atoms with E-state index in [1.807, 2.05) is 51.1 Å². The Morgan fingerprint density at radius 2 is 1.93 bits per heavy atom. The molecule has 1 heterocycles. The number of pyridine rings is 1. The van der Waals surface area contributed by atoms with Crippen LogP contribution in [0.2, 0.25) is 0 Å². The number of benzene rings is 1. The molecule has 2 aromatic rings. The van der Waals surface area contributed by atoms with Gasteiger partial charge in [-0.15, -0.1) is 0 Å². The Kier molecular flexibility index (Phi) is 6.52. The molecule has 3 N–H and O–H groups in total. The van der Waals surface area contributed by atoms with Crippen molar-refractivity contribution in [1.82, 2.24) is 15.6 Å². The van der Waals surface area contributed by atoms with Gasteiger partial charge < -0.3 is 15.6 Å². The molecule has 0 bridgehead atoms. The normalized spacial score (nSPS) is 16.8. The SMILES string of the molecule is CCC(C(=O)NC1CCCc2[nH]c(=O)c(C(=O)NC(C)C)cc21)c1ccccc1. The third-order valence-electron chi connectivity index (χ3n) is 5.36. The third-order valence-corrected chi connectivity index (χ3v) is 5.36. The first-order chi connectivity index (χ1) is 13.9. The second-order valence-corrected chi connectivity index (χ2v) is 7.90. The molecule has 0 fully saturated rings. The summed E-state index contributed by atoms with van der Waals surface area (Å²) < 4.78 is 0. The monoisotopic (exact) mass is 395 g/mol. The Bertz CT molecular complexity index is 934. The van der Waals surface area contributed by atoms with Crippen LogP contribution in [-0.4, -0.2) is 22.8 Å². The average Bonchev–Trinajstić information content (AvgIpc) is 2.68. The molecule has 1 aliphatic rings. The van der Waals surface area contributed by atoms with Crippen LogP contribution in [0.3, 0.4) is 0 Å². The number of carbonyl (C=O) groups is 2. The largest absolute Gasteiger partial charge is 0.350 e. The van der Waals surface area contributed by atoms with Gasteiger partial charge in [-0.05, 0) is 56.7 Å². The number of hydrogen-bond acceptors (Lipinski definition) is 3. The first-order valence-corrected chi connectivity index (χ1v) is 10.3. The molecule has 154 valence electrons. The molecule has 6 heteroatoms. The molecule has 1 aliphatic carbocycles. The number of carbonyl (C=O) groups excluding carboxylic acids is 2. The molecule has 0 saturated heterocycles. The van der Waals surface area contributed by atoms with E-state index in [4.69, 9.17) is 0 Å². The summed E-state index contributed by atoms with van der Waals surface area (Å²) in [4.78, 5) is 40.7. The van der Waals surface area contributed by atoms with Crippen molar-refractivity contribution in [3.8, 4) is 0 Å². The molecule has 0 radical (unpaired) electrons. The molecule has 1 aromatic heterocycles. The zero-order chi connectivity index (χ0) is 21.0. The van der Waals surface area contributed by atoms with Crippen molar-refractivity contribution in [2.24, 2.45) is 0 Å². The highest BCUT2D eigenvalue weighted by Crippen LogP contribution is 2.30. The lowest BCUT2D eigenvalue weighted by atomic mass is 9.88. The molecule has 2 unspecified atom stereocenters. The smallest absolute Gasteiger partial charge is 0.261 e. The molecule has 29 heavy (non-hydrogen) atoms. The summed E-state index contributed by atoms with van der Waals surface area (Å²) in [5.41, 5.74) is 2.33. The molecular formula is C23H29N3O3. The van der Waals surface area contributed by atoms with Crippen LogP contribution in [0.15, 0.2) is 41.2 Å². The number of amides is 2. The predicted molar refractivity (Wildman–Crippen MR) is 113 cm³/mol. The Balaban J connectivity index is 1.87. The maximum atomic E-state index is 13.0. The van der Waals surface area contributed by atoms with Crippen LogP contribution >= 0.6 is 0 Å². The molecule has 0 aliphatic heterocycles. The number of fused-ring (bicyclic) bond motifs is 1. The fourth-order valence-corrected chi connectivity index (χ4v) is 3.93. The van der Waals surface area contributed by atoms with E-state index in [0.29, 0.717) is 6.42 Å². The van der Waals surface area contributed by atoms with Crippen LogP contribution < -0.4 is 16.2 Å². The van der Waals surface area contributed by atoms with E-state index in [9.17, 15) is 14.4 Å². The van der Waals surface area contributed by atoms with Crippen molar-refractivity contribution < 1.29 is 9.59 Å². The first kappa shape index (κ1) is 20.8. The number of rotatable bonds is 6. The van der Waals surface area contributed by atoms with Gasteiger partial charge in [0, 0.05) is 11.7 Å². The number of aromatic nitrogens is 1. The minimum Gasteiger partial charge on any atom is -0.350 e. The lowest BCUT2D eigenvalue weighted by Crippen LogP contribution is -2.38.